The van der Waals surface area contributed by atoms with Gasteiger partial charge in [-0.25, -0.2) is 4.98 Å². The zero-order valence-electron chi connectivity index (χ0n) is 21.8. The van der Waals surface area contributed by atoms with Gasteiger partial charge in [-0.05, 0) is 37.2 Å². The number of ketones is 1. The van der Waals surface area contributed by atoms with E-state index >= 15 is 0 Å². The normalized spacial score (nSPS) is 14.2. The van der Waals surface area contributed by atoms with Crippen molar-refractivity contribution in [3.63, 3.8) is 0 Å². The summed E-state index contributed by atoms with van der Waals surface area (Å²) < 4.78 is 7.36. The van der Waals surface area contributed by atoms with Crippen molar-refractivity contribution in [1.29, 1.82) is 0 Å². The highest BCUT2D eigenvalue weighted by Crippen LogP contribution is 2.28. The van der Waals surface area contributed by atoms with E-state index in [2.05, 4.69) is 33.9 Å². The van der Waals surface area contributed by atoms with E-state index in [4.69, 9.17) is 21.3 Å². The first-order valence-corrected chi connectivity index (χ1v) is 13.4. The van der Waals surface area contributed by atoms with Crippen LogP contribution in [0.25, 0.3) is 10.9 Å². The molecular weight excluding hydrogens is 492 g/mol. The van der Waals surface area contributed by atoms with Gasteiger partial charge in [-0.2, -0.15) is 4.98 Å². The number of anilines is 3. The van der Waals surface area contributed by atoms with Gasteiger partial charge in [0, 0.05) is 50.2 Å². The van der Waals surface area contributed by atoms with Crippen molar-refractivity contribution in [3.05, 3.63) is 45.8 Å². The number of Topliss-reactive ketones (excluding diaryl/α,β-unsaturated/α-hetero) is 1. The maximum Gasteiger partial charge on any atom is 0.293 e. The van der Waals surface area contributed by atoms with E-state index < -0.39 is 0 Å². The molecule has 1 fully saturated rings. The minimum absolute atomic E-state index is 0.0552. The van der Waals surface area contributed by atoms with Gasteiger partial charge in [-0.15, -0.1) is 0 Å². The largest absolute Gasteiger partial charge is 0.480 e. The summed E-state index contributed by atoms with van der Waals surface area (Å²) in [7, 11) is 0. The number of ether oxygens (including phenoxy) is 1. The van der Waals surface area contributed by atoms with Crippen LogP contribution >= 0.6 is 11.6 Å². The van der Waals surface area contributed by atoms with Crippen molar-refractivity contribution < 1.29 is 9.53 Å². The number of nitrogens with one attached hydrogen (secondary N) is 1. The number of hydrogen-bond acceptors (Lipinski definition) is 8. The molecule has 0 unspecified atom stereocenters. The number of hydrogen-bond donors (Lipinski definition) is 1. The molecule has 1 saturated heterocycles. The van der Waals surface area contributed by atoms with Crippen molar-refractivity contribution in [2.24, 2.45) is 0 Å². The van der Waals surface area contributed by atoms with Crippen LogP contribution in [0.1, 0.15) is 40.0 Å². The van der Waals surface area contributed by atoms with Gasteiger partial charge in [0.2, 0.25) is 5.95 Å². The molecule has 0 amide bonds. The molecule has 0 saturated carbocycles. The molecule has 0 atom stereocenters. The van der Waals surface area contributed by atoms with E-state index in [9.17, 15) is 9.59 Å². The zero-order valence-corrected chi connectivity index (χ0v) is 22.6. The number of carbonyl (C=O) groups excluding carboxylic acids is 1. The fourth-order valence-corrected chi connectivity index (χ4v) is 4.48. The fourth-order valence-electron chi connectivity index (χ4n) is 4.34. The Morgan fingerprint density at radius 2 is 1.92 bits per heavy atom. The molecule has 3 aromatic rings. The number of halogens is 1. The SMILES string of the molecule is CCCCn1c(=O)c(OCC(=O)CC)cc2cc(Nc3nc(N4CCN(CC)CC4)ncc3Cl)ccc21. The van der Waals surface area contributed by atoms with Gasteiger partial charge in [0.15, 0.2) is 17.4 Å². The highest BCUT2D eigenvalue weighted by Gasteiger charge is 2.19. The third kappa shape index (κ3) is 6.40. The Labute approximate surface area is 222 Å². The lowest BCUT2D eigenvalue weighted by molar-refractivity contribution is -0.120. The Kier molecular flexibility index (Phi) is 9.00. The van der Waals surface area contributed by atoms with Crippen LogP contribution in [0, 0.1) is 0 Å². The zero-order chi connectivity index (χ0) is 26.4. The molecule has 0 bridgehead atoms. The van der Waals surface area contributed by atoms with Crippen molar-refractivity contribution >= 4 is 45.7 Å². The number of unbranched alkanes of at least 4 members (excludes halogenated alkanes) is 1. The fraction of sp³-hybridized carbons (Fsp3) is 0.481. The Hall–Kier alpha value is -3.17. The third-order valence-corrected chi connectivity index (χ3v) is 6.95. The molecule has 0 spiro atoms. The van der Waals surface area contributed by atoms with Crippen LogP contribution in [0.3, 0.4) is 0 Å². The van der Waals surface area contributed by atoms with E-state index in [0.717, 1.165) is 62.2 Å². The highest BCUT2D eigenvalue weighted by molar-refractivity contribution is 6.32. The molecule has 1 aliphatic rings. The summed E-state index contributed by atoms with van der Waals surface area (Å²) >= 11 is 6.45. The quantitative estimate of drug-likeness (QED) is 0.391. The van der Waals surface area contributed by atoms with Gasteiger partial charge >= 0.3 is 0 Å². The van der Waals surface area contributed by atoms with Crippen LogP contribution < -0.4 is 20.5 Å². The number of nitrogens with zero attached hydrogens (tertiary/aromatic N) is 5. The summed E-state index contributed by atoms with van der Waals surface area (Å²) in [5.41, 5.74) is 1.35. The van der Waals surface area contributed by atoms with E-state index in [1.54, 1.807) is 23.8 Å². The number of pyridine rings is 1. The molecule has 10 heteroatoms. The van der Waals surface area contributed by atoms with E-state index in [1.165, 1.54) is 0 Å². The number of benzene rings is 1. The van der Waals surface area contributed by atoms with Gasteiger partial charge in [-0.1, -0.05) is 38.8 Å². The molecule has 9 nitrogen and oxygen atoms in total. The van der Waals surface area contributed by atoms with Crippen molar-refractivity contribution in [1.82, 2.24) is 19.4 Å². The summed E-state index contributed by atoms with van der Waals surface area (Å²) in [6.45, 7) is 11.2. The summed E-state index contributed by atoms with van der Waals surface area (Å²) in [5, 5.41) is 4.56. The molecule has 0 aliphatic carbocycles. The maximum absolute atomic E-state index is 13.1. The second kappa shape index (κ2) is 12.4. The topological polar surface area (TPSA) is 92.6 Å². The Morgan fingerprint density at radius 3 is 2.62 bits per heavy atom. The average molecular weight is 527 g/mol. The first-order chi connectivity index (χ1) is 17.9. The van der Waals surface area contributed by atoms with Crippen LogP contribution in [0.15, 0.2) is 35.3 Å². The van der Waals surface area contributed by atoms with Crippen LogP contribution in [0.2, 0.25) is 5.02 Å². The predicted octanol–water partition coefficient (Wildman–Crippen LogP) is 4.49. The first-order valence-electron chi connectivity index (χ1n) is 13.0. The number of carbonyl (C=O) groups is 1. The molecule has 37 heavy (non-hydrogen) atoms. The van der Waals surface area contributed by atoms with Crippen molar-refractivity contribution in [3.8, 4) is 5.75 Å². The molecule has 0 radical (unpaired) electrons. The Morgan fingerprint density at radius 1 is 1.14 bits per heavy atom. The van der Waals surface area contributed by atoms with E-state index in [-0.39, 0.29) is 23.7 Å². The van der Waals surface area contributed by atoms with Gasteiger partial charge < -0.3 is 24.4 Å². The Balaban J connectivity index is 1.63. The smallest absolute Gasteiger partial charge is 0.293 e. The van der Waals surface area contributed by atoms with Crippen molar-refractivity contribution in [2.45, 2.75) is 46.6 Å². The lowest BCUT2D eigenvalue weighted by Gasteiger charge is -2.34. The number of rotatable bonds is 11. The number of fused-ring (bicyclic) bond motifs is 1. The molecule has 1 aliphatic heterocycles. The number of aryl methyl sites for hydroxylation is 1. The number of aromatic nitrogens is 3. The third-order valence-electron chi connectivity index (χ3n) is 6.68. The highest BCUT2D eigenvalue weighted by atomic mass is 35.5. The van der Waals surface area contributed by atoms with Gasteiger partial charge in [0.05, 0.1) is 11.7 Å². The molecule has 1 aromatic carbocycles. The van der Waals surface area contributed by atoms with Crippen LogP contribution in [0.4, 0.5) is 17.5 Å². The summed E-state index contributed by atoms with van der Waals surface area (Å²) in [6.07, 6.45) is 3.80. The summed E-state index contributed by atoms with van der Waals surface area (Å²) in [4.78, 5) is 38.6. The molecule has 198 valence electrons. The summed E-state index contributed by atoms with van der Waals surface area (Å²) in [6, 6.07) is 7.46. The van der Waals surface area contributed by atoms with E-state index in [0.29, 0.717) is 29.8 Å². The van der Waals surface area contributed by atoms with Crippen LogP contribution in [-0.4, -0.2) is 64.5 Å². The molecule has 1 N–H and O–H groups in total. The monoisotopic (exact) mass is 526 g/mol. The maximum atomic E-state index is 13.1. The van der Waals surface area contributed by atoms with Gasteiger partial charge in [0.1, 0.15) is 11.6 Å². The standard InChI is InChI=1S/C27H35ClN6O3/c1-4-7-10-34-23-9-8-20(15-19(23)16-24(26(34)36)37-18-21(35)5-2)30-25-22(28)17-29-27(31-25)33-13-11-32(6-3)12-14-33/h8-9,15-17H,4-7,10-14,18H2,1-3H3,(H,29,30,31). The van der Waals surface area contributed by atoms with Crippen molar-refractivity contribution in [2.75, 3.05) is 49.5 Å². The minimum Gasteiger partial charge on any atom is -0.480 e. The van der Waals surface area contributed by atoms with Crippen LogP contribution in [-0.2, 0) is 11.3 Å². The second-order valence-electron chi connectivity index (χ2n) is 9.19. The molecule has 2 aromatic heterocycles. The van der Waals surface area contributed by atoms with Gasteiger partial charge in [0.25, 0.3) is 5.56 Å². The number of likely N-dealkylation sites (N-methyl/N-ethyl adjacent to an activating group) is 1. The lowest BCUT2D eigenvalue weighted by Crippen LogP contribution is -2.46. The predicted molar refractivity (Wildman–Crippen MR) is 149 cm³/mol. The second-order valence-corrected chi connectivity index (χ2v) is 9.59. The molecule has 3 heterocycles. The lowest BCUT2D eigenvalue weighted by atomic mass is 10.1. The average Bonchev–Trinajstić information content (AvgIpc) is 2.92. The minimum atomic E-state index is -0.225. The molecule has 4 rings (SSSR count). The van der Waals surface area contributed by atoms with Crippen LogP contribution in [0.5, 0.6) is 5.75 Å². The molecular formula is C27H35ClN6O3. The Bertz CT molecular complexity index is 1300. The first kappa shape index (κ1) is 26.9. The van der Waals surface area contributed by atoms with Gasteiger partial charge in [-0.3, -0.25) is 9.59 Å². The number of piperazine rings is 1. The van der Waals surface area contributed by atoms with E-state index in [1.807, 2.05) is 18.2 Å². The summed E-state index contributed by atoms with van der Waals surface area (Å²) in [5.74, 6) is 1.29.